The van der Waals surface area contributed by atoms with Gasteiger partial charge in [-0.25, -0.2) is 4.79 Å². The number of hydrogen-bond donors (Lipinski definition) is 0. The molecule has 0 aromatic rings. The third-order valence-corrected chi connectivity index (χ3v) is 2.49. The predicted molar refractivity (Wildman–Crippen MR) is 57.5 cm³/mol. The van der Waals surface area contributed by atoms with Gasteiger partial charge in [-0.3, -0.25) is 0 Å². The molecule has 1 atom stereocenters. The predicted octanol–water partition coefficient (Wildman–Crippen LogP) is 2.16. The van der Waals surface area contributed by atoms with Gasteiger partial charge in [0.1, 0.15) is 0 Å². The van der Waals surface area contributed by atoms with Crippen LogP contribution in [-0.2, 0) is 9.47 Å². The number of rotatable bonds is 3. The van der Waals surface area contributed by atoms with E-state index >= 15 is 0 Å². The van der Waals surface area contributed by atoms with Gasteiger partial charge in [0, 0.05) is 6.54 Å². The summed E-state index contributed by atoms with van der Waals surface area (Å²) in [5.41, 5.74) is 0. The van der Waals surface area contributed by atoms with E-state index in [1.807, 2.05) is 13.0 Å². The molecule has 15 heavy (non-hydrogen) atoms. The second-order valence-corrected chi connectivity index (χ2v) is 3.52. The van der Waals surface area contributed by atoms with Crippen molar-refractivity contribution in [1.82, 2.24) is 4.90 Å². The summed E-state index contributed by atoms with van der Waals surface area (Å²) in [5, 5.41) is 0. The van der Waals surface area contributed by atoms with Crippen molar-refractivity contribution >= 4 is 6.09 Å². The molecule has 1 rings (SSSR count). The minimum atomic E-state index is -0.219. The molecule has 1 heterocycles. The fraction of sp³-hybridized carbons (Fsp3) is 0.727. The zero-order valence-electron chi connectivity index (χ0n) is 9.44. The van der Waals surface area contributed by atoms with E-state index in [9.17, 15) is 4.79 Å². The Morgan fingerprint density at radius 3 is 3.00 bits per heavy atom. The van der Waals surface area contributed by atoms with Crippen LogP contribution in [-0.4, -0.2) is 37.3 Å². The van der Waals surface area contributed by atoms with Gasteiger partial charge in [0.15, 0.2) is 0 Å². The topological polar surface area (TPSA) is 38.8 Å². The number of amides is 1. The van der Waals surface area contributed by atoms with Crippen LogP contribution in [0.15, 0.2) is 12.3 Å². The van der Waals surface area contributed by atoms with E-state index in [0.717, 1.165) is 25.8 Å². The standard InChI is InChI=1S/C11H19NO3/c1-3-15-11(13)12-8-5-4-6-10(12)7-9-14-2/h7,9-10H,3-6,8H2,1-2H3/b9-7+/t10-/m0/s1. The van der Waals surface area contributed by atoms with E-state index in [1.165, 1.54) is 0 Å². The molecule has 0 N–H and O–H groups in total. The smallest absolute Gasteiger partial charge is 0.410 e. The van der Waals surface area contributed by atoms with Crippen LogP contribution in [0.25, 0.3) is 0 Å². The molecule has 0 radical (unpaired) electrons. The first-order valence-corrected chi connectivity index (χ1v) is 5.42. The van der Waals surface area contributed by atoms with E-state index in [2.05, 4.69) is 0 Å². The fourth-order valence-electron chi connectivity index (χ4n) is 1.76. The normalized spacial score (nSPS) is 21.7. The zero-order valence-corrected chi connectivity index (χ0v) is 9.44. The maximum Gasteiger partial charge on any atom is 0.410 e. The molecule has 86 valence electrons. The highest BCUT2D eigenvalue weighted by atomic mass is 16.6. The summed E-state index contributed by atoms with van der Waals surface area (Å²) in [4.78, 5) is 13.4. The summed E-state index contributed by atoms with van der Waals surface area (Å²) in [6.45, 7) is 3.02. The first-order chi connectivity index (χ1) is 7.29. The van der Waals surface area contributed by atoms with Crippen molar-refractivity contribution in [2.24, 2.45) is 0 Å². The van der Waals surface area contributed by atoms with Crippen molar-refractivity contribution < 1.29 is 14.3 Å². The molecule has 4 heteroatoms. The van der Waals surface area contributed by atoms with E-state index in [1.54, 1.807) is 18.3 Å². The van der Waals surface area contributed by atoms with Gasteiger partial charge in [-0.2, -0.15) is 0 Å². The van der Waals surface area contributed by atoms with Crippen LogP contribution in [0.3, 0.4) is 0 Å². The lowest BCUT2D eigenvalue weighted by atomic mass is 10.0. The van der Waals surface area contributed by atoms with Gasteiger partial charge in [-0.15, -0.1) is 0 Å². The van der Waals surface area contributed by atoms with E-state index < -0.39 is 0 Å². The molecule has 1 fully saturated rings. The second kappa shape index (κ2) is 6.32. The van der Waals surface area contributed by atoms with Gasteiger partial charge in [-0.05, 0) is 32.3 Å². The Morgan fingerprint density at radius 1 is 1.53 bits per heavy atom. The summed E-state index contributed by atoms with van der Waals surface area (Å²) >= 11 is 0. The van der Waals surface area contributed by atoms with Crippen LogP contribution in [0, 0.1) is 0 Å². The molecule has 0 aromatic heterocycles. The Hall–Kier alpha value is -1.19. The monoisotopic (exact) mass is 213 g/mol. The van der Waals surface area contributed by atoms with Crippen molar-refractivity contribution in [3.8, 4) is 0 Å². The van der Waals surface area contributed by atoms with E-state index in [0.29, 0.717) is 6.61 Å². The molecule has 1 amide bonds. The van der Waals surface area contributed by atoms with Crippen molar-refractivity contribution in [2.75, 3.05) is 20.3 Å². The number of piperidine rings is 1. The first-order valence-electron chi connectivity index (χ1n) is 5.42. The zero-order chi connectivity index (χ0) is 11.1. The molecule has 0 spiro atoms. The van der Waals surface area contributed by atoms with Crippen LogP contribution in [0.1, 0.15) is 26.2 Å². The molecule has 4 nitrogen and oxygen atoms in total. The number of likely N-dealkylation sites (tertiary alicyclic amines) is 1. The number of carbonyl (C=O) groups excluding carboxylic acids is 1. The highest BCUT2D eigenvalue weighted by molar-refractivity contribution is 5.68. The molecule has 0 bridgehead atoms. The molecular formula is C11H19NO3. The Morgan fingerprint density at radius 2 is 2.33 bits per heavy atom. The molecule has 0 aromatic carbocycles. The summed E-state index contributed by atoms with van der Waals surface area (Å²) < 4.78 is 9.88. The summed E-state index contributed by atoms with van der Waals surface area (Å²) in [7, 11) is 1.61. The Balaban J connectivity index is 2.56. The minimum Gasteiger partial charge on any atom is -0.505 e. The number of methoxy groups -OCH3 is 1. The van der Waals surface area contributed by atoms with Crippen molar-refractivity contribution in [3.05, 3.63) is 12.3 Å². The number of carbonyl (C=O) groups is 1. The Bertz CT molecular complexity index is 228. The molecule has 1 aliphatic heterocycles. The molecule has 0 saturated carbocycles. The molecule has 1 aliphatic rings. The Labute approximate surface area is 90.8 Å². The SMILES string of the molecule is CCOC(=O)N1CCCC[C@H]1/C=C/OC. The number of ether oxygens (including phenoxy) is 2. The molecule has 0 aliphatic carbocycles. The number of hydrogen-bond acceptors (Lipinski definition) is 3. The average Bonchev–Trinajstić information content (AvgIpc) is 2.27. The summed E-state index contributed by atoms with van der Waals surface area (Å²) in [5.74, 6) is 0. The first kappa shape index (κ1) is 11.9. The van der Waals surface area contributed by atoms with E-state index in [-0.39, 0.29) is 12.1 Å². The lowest BCUT2D eigenvalue weighted by Gasteiger charge is -2.32. The third-order valence-electron chi connectivity index (χ3n) is 2.49. The van der Waals surface area contributed by atoms with Gasteiger partial charge in [0.2, 0.25) is 0 Å². The second-order valence-electron chi connectivity index (χ2n) is 3.52. The van der Waals surface area contributed by atoms with Crippen LogP contribution in [0.4, 0.5) is 4.79 Å². The fourth-order valence-corrected chi connectivity index (χ4v) is 1.76. The van der Waals surface area contributed by atoms with Crippen molar-refractivity contribution in [3.63, 3.8) is 0 Å². The van der Waals surface area contributed by atoms with Crippen LogP contribution < -0.4 is 0 Å². The lowest BCUT2D eigenvalue weighted by Crippen LogP contribution is -2.43. The molecular weight excluding hydrogens is 194 g/mol. The van der Waals surface area contributed by atoms with Crippen LogP contribution >= 0.6 is 0 Å². The van der Waals surface area contributed by atoms with Gasteiger partial charge < -0.3 is 14.4 Å². The molecule has 1 saturated heterocycles. The Kier molecular flexibility index (Phi) is 5.01. The lowest BCUT2D eigenvalue weighted by molar-refractivity contribution is 0.0864. The van der Waals surface area contributed by atoms with Crippen molar-refractivity contribution in [2.45, 2.75) is 32.2 Å². The largest absolute Gasteiger partial charge is 0.505 e. The van der Waals surface area contributed by atoms with Gasteiger partial charge in [0.05, 0.1) is 26.0 Å². The summed E-state index contributed by atoms with van der Waals surface area (Å²) in [6, 6.07) is 0.123. The minimum absolute atomic E-state index is 0.123. The molecule has 0 unspecified atom stereocenters. The average molecular weight is 213 g/mol. The highest BCUT2D eigenvalue weighted by Crippen LogP contribution is 2.18. The van der Waals surface area contributed by atoms with Gasteiger partial charge >= 0.3 is 6.09 Å². The van der Waals surface area contributed by atoms with Gasteiger partial charge in [0.25, 0.3) is 0 Å². The van der Waals surface area contributed by atoms with Crippen molar-refractivity contribution in [1.29, 1.82) is 0 Å². The number of nitrogens with zero attached hydrogens (tertiary/aromatic N) is 1. The maximum atomic E-state index is 11.6. The van der Waals surface area contributed by atoms with Crippen LogP contribution in [0.5, 0.6) is 0 Å². The third kappa shape index (κ3) is 3.46. The van der Waals surface area contributed by atoms with Crippen LogP contribution in [0.2, 0.25) is 0 Å². The maximum absolute atomic E-state index is 11.6. The van der Waals surface area contributed by atoms with Gasteiger partial charge in [-0.1, -0.05) is 0 Å². The van der Waals surface area contributed by atoms with E-state index in [4.69, 9.17) is 9.47 Å². The summed E-state index contributed by atoms with van der Waals surface area (Å²) in [6.07, 6.45) is 6.50. The highest BCUT2D eigenvalue weighted by Gasteiger charge is 2.25. The quantitative estimate of drug-likeness (QED) is 0.674.